The molecule has 0 spiro atoms. The molecule has 3 aromatic rings. The summed E-state index contributed by atoms with van der Waals surface area (Å²) in [5.41, 5.74) is 4.65. The molecule has 2 amide bonds. The van der Waals surface area contributed by atoms with E-state index in [0.29, 0.717) is 0 Å². The molecule has 196 valence electrons. The second-order valence-electron chi connectivity index (χ2n) is 9.18. The number of fused-ring (bicyclic) bond motifs is 2. The number of carbonyl (C=O) groups is 2. The number of aromatic nitrogens is 6. The molecular formula is C21H20F5N9O2. The highest BCUT2D eigenvalue weighted by Gasteiger charge is 2.57. The molecule has 0 radical (unpaired) electrons. The van der Waals surface area contributed by atoms with Crippen molar-refractivity contribution in [3.63, 3.8) is 0 Å². The van der Waals surface area contributed by atoms with E-state index < -0.39 is 42.2 Å². The van der Waals surface area contributed by atoms with Crippen molar-refractivity contribution in [1.29, 1.82) is 0 Å². The summed E-state index contributed by atoms with van der Waals surface area (Å²) >= 11 is 0. The minimum Gasteiger partial charge on any atom is -0.383 e. The fourth-order valence-electron chi connectivity index (χ4n) is 4.05. The standard InChI is InChI=1S/C21H20F5N9O2/c1-19(17(36)29-8-3-4-8)11-13(27)32-15(33-14(11)34-18(19)37)12-9-7-28-35(2)16(9)31-10(30-12)5-6-20(22,23)21(24,25)26/h7-8H,3-6H2,1-2H3,(H,29,36)(H3,27,32,33,34,37). The van der Waals surface area contributed by atoms with Crippen molar-refractivity contribution < 1.29 is 31.5 Å². The van der Waals surface area contributed by atoms with Crippen LogP contribution in [0.1, 0.15) is 37.6 Å². The van der Waals surface area contributed by atoms with E-state index in [-0.39, 0.29) is 51.6 Å². The largest absolute Gasteiger partial charge is 0.453 e. The van der Waals surface area contributed by atoms with Gasteiger partial charge in [-0.3, -0.25) is 14.3 Å². The van der Waals surface area contributed by atoms with E-state index in [0.717, 1.165) is 12.8 Å². The highest BCUT2D eigenvalue weighted by molar-refractivity contribution is 6.21. The molecular weight excluding hydrogens is 505 g/mol. The first-order valence-electron chi connectivity index (χ1n) is 11.2. The second-order valence-corrected chi connectivity index (χ2v) is 9.18. The van der Waals surface area contributed by atoms with E-state index in [4.69, 9.17) is 5.73 Å². The lowest BCUT2D eigenvalue weighted by molar-refractivity contribution is -0.284. The van der Waals surface area contributed by atoms with Gasteiger partial charge in [-0.15, -0.1) is 0 Å². The van der Waals surface area contributed by atoms with Crippen LogP contribution in [0, 0.1) is 0 Å². The molecule has 4 heterocycles. The molecule has 0 bridgehead atoms. The van der Waals surface area contributed by atoms with Crippen LogP contribution >= 0.6 is 0 Å². The molecule has 3 aromatic heterocycles. The van der Waals surface area contributed by atoms with Crippen LogP contribution in [0.2, 0.25) is 0 Å². The lowest BCUT2D eigenvalue weighted by atomic mass is 9.83. The lowest BCUT2D eigenvalue weighted by Crippen LogP contribution is -2.48. The van der Waals surface area contributed by atoms with Gasteiger partial charge >= 0.3 is 12.1 Å². The maximum Gasteiger partial charge on any atom is 0.453 e. The number of carbonyl (C=O) groups excluding carboxylic acids is 2. The maximum atomic E-state index is 13.5. The fraction of sp³-hybridized carbons (Fsp3) is 0.476. The van der Waals surface area contributed by atoms with Gasteiger partial charge in [-0.05, 0) is 19.8 Å². The molecule has 1 atom stereocenters. The zero-order chi connectivity index (χ0) is 26.9. The van der Waals surface area contributed by atoms with E-state index in [1.807, 2.05) is 0 Å². The van der Waals surface area contributed by atoms with Gasteiger partial charge in [-0.2, -0.15) is 27.1 Å². The Balaban J connectivity index is 1.56. The van der Waals surface area contributed by atoms with Crippen molar-refractivity contribution in [1.82, 2.24) is 35.0 Å². The molecule has 5 rings (SSSR count). The van der Waals surface area contributed by atoms with Gasteiger partial charge in [0.1, 0.15) is 23.2 Å². The van der Waals surface area contributed by atoms with Crippen LogP contribution in [0.15, 0.2) is 6.20 Å². The number of nitrogens with one attached hydrogen (secondary N) is 2. The van der Waals surface area contributed by atoms with E-state index in [1.54, 1.807) is 0 Å². The Kier molecular flexibility index (Phi) is 5.35. The molecule has 16 heteroatoms. The quantitative estimate of drug-likeness (QED) is 0.326. The van der Waals surface area contributed by atoms with Gasteiger partial charge in [0, 0.05) is 25.9 Å². The van der Waals surface area contributed by atoms with Crippen molar-refractivity contribution >= 4 is 34.5 Å². The Morgan fingerprint density at radius 2 is 1.92 bits per heavy atom. The van der Waals surface area contributed by atoms with Gasteiger partial charge in [0.25, 0.3) is 0 Å². The lowest BCUT2D eigenvalue weighted by Gasteiger charge is -2.21. The number of anilines is 2. The maximum absolute atomic E-state index is 13.5. The molecule has 0 saturated heterocycles. The number of hydrogen-bond acceptors (Lipinski definition) is 8. The first kappa shape index (κ1) is 24.7. The minimum atomic E-state index is -5.72. The molecule has 4 N–H and O–H groups in total. The number of amides is 2. The van der Waals surface area contributed by atoms with E-state index >= 15 is 0 Å². The molecule has 1 fully saturated rings. The topological polar surface area (TPSA) is 154 Å². The van der Waals surface area contributed by atoms with Crippen LogP contribution in [0.25, 0.3) is 22.6 Å². The van der Waals surface area contributed by atoms with Gasteiger partial charge in [0.2, 0.25) is 11.8 Å². The molecule has 1 aliphatic carbocycles. The van der Waals surface area contributed by atoms with Gasteiger partial charge in [0.15, 0.2) is 16.9 Å². The molecule has 37 heavy (non-hydrogen) atoms. The number of halogens is 5. The van der Waals surface area contributed by atoms with E-state index in [1.165, 1.54) is 24.9 Å². The number of aryl methyl sites for hydroxylation is 2. The Bertz CT molecular complexity index is 1450. The predicted molar refractivity (Wildman–Crippen MR) is 118 cm³/mol. The van der Waals surface area contributed by atoms with Crippen LogP contribution in [0.5, 0.6) is 0 Å². The van der Waals surface area contributed by atoms with Crippen molar-refractivity contribution in [2.24, 2.45) is 7.05 Å². The summed E-state index contributed by atoms with van der Waals surface area (Å²) in [5, 5.41) is 9.60. The third-order valence-electron chi connectivity index (χ3n) is 6.42. The third-order valence-corrected chi connectivity index (χ3v) is 6.42. The molecule has 1 unspecified atom stereocenters. The monoisotopic (exact) mass is 525 g/mol. The molecule has 1 saturated carbocycles. The third kappa shape index (κ3) is 3.99. The minimum absolute atomic E-state index is 0.0226. The normalized spacial score (nSPS) is 19.7. The average molecular weight is 525 g/mol. The van der Waals surface area contributed by atoms with Crippen LogP contribution in [-0.2, 0) is 28.5 Å². The van der Waals surface area contributed by atoms with Gasteiger partial charge in [0.05, 0.1) is 17.1 Å². The number of hydrogen-bond donors (Lipinski definition) is 3. The molecule has 11 nitrogen and oxygen atoms in total. The van der Waals surface area contributed by atoms with Gasteiger partial charge < -0.3 is 16.4 Å². The van der Waals surface area contributed by atoms with Gasteiger partial charge in [-0.25, -0.2) is 19.9 Å². The summed E-state index contributed by atoms with van der Waals surface area (Å²) in [6.07, 6.45) is -5.16. The Morgan fingerprint density at radius 3 is 2.57 bits per heavy atom. The van der Waals surface area contributed by atoms with Crippen LogP contribution in [0.3, 0.4) is 0 Å². The first-order chi connectivity index (χ1) is 17.2. The summed E-state index contributed by atoms with van der Waals surface area (Å²) in [5.74, 6) is -6.89. The molecule has 1 aliphatic heterocycles. The van der Waals surface area contributed by atoms with Crippen molar-refractivity contribution in [3.8, 4) is 11.5 Å². The number of nitrogens with zero attached hydrogens (tertiary/aromatic N) is 6. The Morgan fingerprint density at radius 1 is 1.22 bits per heavy atom. The smallest absolute Gasteiger partial charge is 0.383 e. The summed E-state index contributed by atoms with van der Waals surface area (Å²) in [6.45, 7) is 1.40. The first-order valence-corrected chi connectivity index (χ1v) is 11.2. The summed E-state index contributed by atoms with van der Waals surface area (Å²) < 4.78 is 66.3. The van der Waals surface area contributed by atoms with Crippen molar-refractivity contribution in [2.45, 2.75) is 56.2 Å². The Labute approximate surface area is 205 Å². The second kappa shape index (κ2) is 8.01. The summed E-state index contributed by atoms with van der Waals surface area (Å²) in [4.78, 5) is 42.4. The van der Waals surface area contributed by atoms with Gasteiger partial charge in [-0.1, -0.05) is 0 Å². The number of alkyl halides is 5. The molecule has 2 aliphatic rings. The van der Waals surface area contributed by atoms with E-state index in [9.17, 15) is 31.5 Å². The van der Waals surface area contributed by atoms with Crippen LogP contribution in [0.4, 0.5) is 33.6 Å². The fourth-order valence-corrected chi connectivity index (χ4v) is 4.05. The van der Waals surface area contributed by atoms with Crippen molar-refractivity contribution in [3.05, 3.63) is 17.6 Å². The zero-order valence-electron chi connectivity index (χ0n) is 19.5. The highest BCUT2D eigenvalue weighted by Crippen LogP contribution is 2.42. The number of nitrogens with two attached hydrogens (primary N) is 1. The number of nitrogen functional groups attached to an aromatic ring is 1. The van der Waals surface area contributed by atoms with Crippen LogP contribution in [-0.4, -0.2) is 59.7 Å². The summed E-state index contributed by atoms with van der Waals surface area (Å²) in [6, 6.07) is -0.0226. The summed E-state index contributed by atoms with van der Waals surface area (Å²) in [7, 11) is 1.50. The van der Waals surface area contributed by atoms with Crippen molar-refractivity contribution in [2.75, 3.05) is 11.1 Å². The zero-order valence-corrected chi connectivity index (χ0v) is 19.5. The SMILES string of the molecule is Cn1ncc2c(-c3nc(N)c4c(n3)NC(=O)C4(C)C(=O)NC3CC3)nc(CCC(F)(F)C(F)(F)F)nc21. The predicted octanol–water partition coefficient (Wildman–Crippen LogP) is 2.02. The average Bonchev–Trinajstić information content (AvgIpc) is 3.49. The van der Waals surface area contributed by atoms with E-state index in [2.05, 4.69) is 35.7 Å². The van der Waals surface area contributed by atoms with Crippen LogP contribution < -0.4 is 16.4 Å². The molecule has 0 aromatic carbocycles. The number of rotatable bonds is 6. The highest BCUT2D eigenvalue weighted by atomic mass is 19.4. The Hall–Kier alpha value is -3.98.